The number of methoxy groups -OCH3 is 1. The Hall–Kier alpha value is -3.54. The summed E-state index contributed by atoms with van der Waals surface area (Å²) in [5, 5.41) is 12.4. The number of carbonyl (C=O) groups excluding carboxylic acids is 2. The van der Waals surface area contributed by atoms with Crippen LogP contribution in [0.5, 0.6) is 0 Å². The summed E-state index contributed by atoms with van der Waals surface area (Å²) in [5.74, 6) is -1.56. The topological polar surface area (TPSA) is 131 Å². The number of aromatic nitrogens is 2. The van der Waals surface area contributed by atoms with Crippen molar-refractivity contribution in [3.8, 4) is 0 Å². The highest BCUT2D eigenvalue weighted by atomic mass is 32.2. The summed E-state index contributed by atoms with van der Waals surface area (Å²) in [7, 11) is -1.69. The first kappa shape index (κ1) is 27.1. The van der Waals surface area contributed by atoms with Crippen molar-refractivity contribution < 1.29 is 27.9 Å². The number of aliphatic hydroxyl groups is 1. The summed E-state index contributed by atoms with van der Waals surface area (Å²) < 4.78 is 33.5. The van der Waals surface area contributed by atoms with Crippen molar-refractivity contribution in [1.82, 2.24) is 19.2 Å². The van der Waals surface area contributed by atoms with Gasteiger partial charge in [0.1, 0.15) is 12.1 Å². The lowest BCUT2D eigenvalue weighted by Gasteiger charge is -2.26. The van der Waals surface area contributed by atoms with E-state index in [-0.39, 0.29) is 11.3 Å². The minimum Gasteiger partial charge on any atom is -0.467 e. The number of nitrogens with zero attached hydrogens (tertiary/aromatic N) is 3. The van der Waals surface area contributed by atoms with Crippen LogP contribution in [0.25, 0.3) is 0 Å². The minimum absolute atomic E-state index is 0.0182. The molecule has 36 heavy (non-hydrogen) atoms. The van der Waals surface area contributed by atoms with Crippen molar-refractivity contribution in [1.29, 1.82) is 0 Å². The number of carbonyl (C=O) groups is 2. The van der Waals surface area contributed by atoms with Gasteiger partial charge in [-0.15, -0.1) is 0 Å². The van der Waals surface area contributed by atoms with Crippen LogP contribution in [0, 0.1) is 6.92 Å². The van der Waals surface area contributed by atoms with Gasteiger partial charge in [-0.2, -0.15) is 4.31 Å². The Balaban J connectivity index is 1.73. The zero-order valence-electron chi connectivity index (χ0n) is 20.4. The molecular weight excluding hydrogens is 484 g/mol. The minimum atomic E-state index is -4.08. The second-order valence-electron chi connectivity index (χ2n) is 8.34. The third kappa shape index (κ3) is 6.56. The summed E-state index contributed by atoms with van der Waals surface area (Å²) in [4.78, 5) is 29.7. The predicted octanol–water partition coefficient (Wildman–Crippen LogP) is 1.12. The summed E-state index contributed by atoms with van der Waals surface area (Å²) >= 11 is 0. The Labute approximate surface area is 210 Å². The molecule has 11 heteroatoms. The van der Waals surface area contributed by atoms with Crippen molar-refractivity contribution in [2.75, 3.05) is 20.8 Å². The fourth-order valence-corrected chi connectivity index (χ4v) is 4.92. The summed E-state index contributed by atoms with van der Waals surface area (Å²) in [6, 6.07) is 13.3. The number of hydrogen-bond acceptors (Lipinski definition) is 7. The molecule has 192 valence electrons. The quantitative estimate of drug-likeness (QED) is 0.367. The molecule has 1 heterocycles. The average molecular weight is 515 g/mol. The molecule has 2 N–H and O–H groups in total. The molecule has 0 unspecified atom stereocenters. The Morgan fingerprint density at radius 3 is 2.42 bits per heavy atom. The van der Waals surface area contributed by atoms with Crippen LogP contribution < -0.4 is 5.32 Å². The summed E-state index contributed by atoms with van der Waals surface area (Å²) in [6.07, 6.45) is 3.40. The van der Waals surface area contributed by atoms with E-state index >= 15 is 0 Å². The molecule has 0 aliphatic heterocycles. The van der Waals surface area contributed by atoms with Crippen LogP contribution in [0.2, 0.25) is 0 Å². The highest BCUT2D eigenvalue weighted by Gasteiger charge is 2.35. The Kier molecular flexibility index (Phi) is 8.97. The van der Waals surface area contributed by atoms with E-state index in [1.165, 1.54) is 26.3 Å². The van der Waals surface area contributed by atoms with Gasteiger partial charge >= 0.3 is 5.97 Å². The number of likely N-dealkylation sites (N-methyl/N-ethyl adjacent to an activating group) is 1. The molecule has 0 spiro atoms. The van der Waals surface area contributed by atoms with Crippen LogP contribution in [0.15, 0.2) is 72.0 Å². The molecule has 0 bridgehead atoms. The van der Waals surface area contributed by atoms with Gasteiger partial charge in [0.15, 0.2) is 0 Å². The second-order valence-corrected chi connectivity index (χ2v) is 10.3. The zero-order chi connectivity index (χ0) is 26.3. The zero-order valence-corrected chi connectivity index (χ0v) is 21.2. The Morgan fingerprint density at radius 2 is 1.81 bits per heavy atom. The van der Waals surface area contributed by atoms with Gasteiger partial charge in [-0.1, -0.05) is 48.0 Å². The van der Waals surface area contributed by atoms with E-state index < -0.39 is 40.6 Å². The number of ether oxygens (including phenoxy) is 1. The van der Waals surface area contributed by atoms with Gasteiger partial charge in [-0.05, 0) is 24.6 Å². The molecule has 1 aromatic heterocycles. The van der Waals surface area contributed by atoms with E-state index in [2.05, 4.69) is 10.3 Å². The lowest BCUT2D eigenvalue weighted by Crippen LogP contribution is -2.54. The van der Waals surface area contributed by atoms with Crippen LogP contribution in [0.3, 0.4) is 0 Å². The normalized spacial score (nSPS) is 13.2. The van der Waals surface area contributed by atoms with Crippen LogP contribution in [-0.2, 0) is 37.3 Å². The van der Waals surface area contributed by atoms with E-state index in [1.54, 1.807) is 24.7 Å². The molecule has 2 aromatic carbocycles. The number of aryl methyl sites for hydroxylation is 1. The van der Waals surface area contributed by atoms with Crippen LogP contribution in [-0.4, -0.2) is 72.1 Å². The number of aliphatic hydroxyl groups excluding tert-OH is 1. The van der Waals surface area contributed by atoms with Gasteiger partial charge in [-0.25, -0.2) is 18.2 Å². The molecule has 1 amide bonds. The molecule has 0 radical (unpaired) electrons. The summed E-state index contributed by atoms with van der Waals surface area (Å²) in [5.41, 5.74) is 2.48. The smallest absolute Gasteiger partial charge is 0.328 e. The number of imidazole rings is 1. The van der Waals surface area contributed by atoms with E-state index in [0.717, 1.165) is 15.4 Å². The largest absolute Gasteiger partial charge is 0.467 e. The number of nitrogens with one attached hydrogen (secondary N) is 1. The molecule has 10 nitrogen and oxygen atoms in total. The van der Waals surface area contributed by atoms with Crippen molar-refractivity contribution in [3.05, 3.63) is 83.9 Å². The number of amides is 1. The van der Waals surface area contributed by atoms with Crippen molar-refractivity contribution in [2.24, 2.45) is 0 Å². The third-order valence-corrected chi connectivity index (χ3v) is 7.60. The molecule has 0 saturated carbocycles. The van der Waals surface area contributed by atoms with E-state index in [1.807, 2.05) is 41.8 Å². The molecular formula is C25H30N4O6S. The first-order chi connectivity index (χ1) is 17.1. The highest BCUT2D eigenvalue weighted by molar-refractivity contribution is 7.89. The fourth-order valence-electron chi connectivity index (χ4n) is 3.61. The number of sulfonamides is 1. The van der Waals surface area contributed by atoms with E-state index in [0.29, 0.717) is 12.2 Å². The third-order valence-electron chi connectivity index (χ3n) is 5.72. The number of hydrogen-bond donors (Lipinski definition) is 2. The maximum Gasteiger partial charge on any atom is 0.328 e. The molecule has 3 aromatic rings. The number of benzene rings is 2. The van der Waals surface area contributed by atoms with Crippen molar-refractivity contribution in [3.63, 3.8) is 0 Å². The fraction of sp³-hybridized carbons (Fsp3) is 0.320. The maximum absolute atomic E-state index is 13.0. The van der Waals surface area contributed by atoms with E-state index in [9.17, 15) is 23.1 Å². The second kappa shape index (κ2) is 11.9. The molecule has 2 atom stereocenters. The Morgan fingerprint density at radius 1 is 1.14 bits per heavy atom. The highest BCUT2D eigenvalue weighted by Crippen LogP contribution is 2.18. The standard InChI is InChI=1S/C25H30N4O6S/c1-18-9-11-21(12-10-18)36(33,34)28(2)23(16-30)24(31)27-22(25(32)35-3)13-20-15-29(17-26-20)14-19-7-5-4-6-8-19/h4-12,15,17,22-23,30H,13-14,16H2,1-3H3,(H,27,31)/t22-,23-/m0/s1. The maximum atomic E-state index is 13.0. The van der Waals surface area contributed by atoms with Crippen LogP contribution >= 0.6 is 0 Å². The van der Waals surface area contributed by atoms with Gasteiger partial charge in [0, 0.05) is 26.2 Å². The molecule has 0 aliphatic rings. The van der Waals surface area contributed by atoms with Gasteiger partial charge in [0.2, 0.25) is 15.9 Å². The molecule has 0 aliphatic carbocycles. The lowest BCUT2D eigenvalue weighted by atomic mass is 10.1. The number of rotatable bonds is 11. The molecule has 3 rings (SSSR count). The van der Waals surface area contributed by atoms with Crippen molar-refractivity contribution in [2.45, 2.75) is 36.9 Å². The van der Waals surface area contributed by atoms with Gasteiger partial charge in [-0.3, -0.25) is 4.79 Å². The van der Waals surface area contributed by atoms with Crippen LogP contribution in [0.1, 0.15) is 16.8 Å². The van der Waals surface area contributed by atoms with Gasteiger partial charge in [0.05, 0.1) is 30.6 Å². The lowest BCUT2D eigenvalue weighted by molar-refractivity contribution is -0.145. The first-order valence-electron chi connectivity index (χ1n) is 11.2. The first-order valence-corrected chi connectivity index (χ1v) is 12.7. The Bertz CT molecular complexity index is 1280. The molecule has 0 saturated heterocycles. The van der Waals surface area contributed by atoms with Gasteiger partial charge in [0.25, 0.3) is 0 Å². The van der Waals surface area contributed by atoms with Crippen molar-refractivity contribution >= 4 is 21.9 Å². The molecule has 0 fully saturated rings. The SMILES string of the molecule is COC(=O)[C@H](Cc1cn(Cc2ccccc2)cn1)NC(=O)[C@H](CO)N(C)S(=O)(=O)c1ccc(C)cc1. The van der Waals surface area contributed by atoms with Gasteiger partial charge < -0.3 is 19.7 Å². The van der Waals surface area contributed by atoms with E-state index in [4.69, 9.17) is 4.74 Å². The van der Waals surface area contributed by atoms with Crippen LogP contribution in [0.4, 0.5) is 0 Å². The predicted molar refractivity (Wildman–Crippen MR) is 132 cm³/mol. The monoisotopic (exact) mass is 514 g/mol. The average Bonchev–Trinajstić information content (AvgIpc) is 3.31. The number of esters is 1. The summed E-state index contributed by atoms with van der Waals surface area (Å²) in [6.45, 7) is 1.62.